The summed E-state index contributed by atoms with van der Waals surface area (Å²) in [6.07, 6.45) is 0. The molecule has 0 saturated carbocycles. The van der Waals surface area contributed by atoms with Gasteiger partial charge >= 0.3 is 0 Å². The highest BCUT2D eigenvalue weighted by Crippen LogP contribution is 2.32. The van der Waals surface area contributed by atoms with Crippen molar-refractivity contribution in [2.45, 2.75) is 0 Å². The van der Waals surface area contributed by atoms with Crippen LogP contribution in [0.3, 0.4) is 0 Å². The van der Waals surface area contributed by atoms with Crippen LogP contribution in [0.4, 0.5) is 0 Å². The van der Waals surface area contributed by atoms with Gasteiger partial charge in [0.2, 0.25) is 0 Å². The van der Waals surface area contributed by atoms with Crippen molar-refractivity contribution in [3.8, 4) is 0 Å². The molecule has 0 aromatic carbocycles. The summed E-state index contributed by atoms with van der Waals surface area (Å²) in [5.41, 5.74) is 0. The summed E-state index contributed by atoms with van der Waals surface area (Å²) >= 11 is 0. The van der Waals surface area contributed by atoms with Crippen molar-refractivity contribution >= 4 is 7.05 Å². The normalized spacial score (nSPS) is 11.6. The molecule has 0 atom stereocenters. The predicted molar refractivity (Wildman–Crippen MR) is 36.8 cm³/mol. The van der Waals surface area contributed by atoms with Crippen LogP contribution >= 0.6 is 7.05 Å². The van der Waals surface area contributed by atoms with Gasteiger partial charge in [0.05, 0.1) is 7.05 Å². The van der Waals surface area contributed by atoms with E-state index in [-0.39, 0.29) is 0 Å². The van der Waals surface area contributed by atoms with Crippen LogP contribution in [0, 0.1) is 0 Å². The first-order chi connectivity index (χ1) is 2.94. The average molecular weight is 120 g/mol. The van der Waals surface area contributed by atoms with Gasteiger partial charge in [0, 0.05) is 20.0 Å². The first kappa shape index (κ1) is 7.23. The Hall–Kier alpha value is 0.230. The lowest BCUT2D eigenvalue weighted by molar-refractivity contribution is -0.443. The quantitative estimate of drug-likeness (QED) is 0.424. The molecule has 0 bridgehead atoms. The van der Waals surface area contributed by atoms with Gasteiger partial charge in [-0.25, -0.2) is 0 Å². The molecule has 0 spiro atoms. The fourth-order valence-electron chi connectivity index (χ4n) is 0. The molecule has 0 aromatic heterocycles. The molecular weight excluding hydrogens is 105 g/mol. The summed E-state index contributed by atoms with van der Waals surface area (Å²) in [6, 6.07) is 0. The van der Waals surface area contributed by atoms with Crippen LogP contribution in [0.15, 0.2) is 0 Å². The van der Waals surface area contributed by atoms with Crippen LogP contribution in [0.1, 0.15) is 0 Å². The molecule has 7 heavy (non-hydrogen) atoms. The van der Waals surface area contributed by atoms with Crippen LogP contribution in [0.5, 0.6) is 0 Å². The van der Waals surface area contributed by atoms with Gasteiger partial charge in [-0.05, 0) is 0 Å². The minimum Gasteiger partial charge on any atom is -0.265 e. The third-order valence-electron chi connectivity index (χ3n) is 1.20. The van der Waals surface area contributed by atoms with Gasteiger partial charge in [0.25, 0.3) is 0 Å². The number of nitrogens with zero attached hydrogens (tertiary/aromatic N) is 1. The van der Waals surface area contributed by atoms with Gasteiger partial charge in [0.15, 0.2) is 0 Å². The fourth-order valence-corrected chi connectivity index (χ4v) is 0. The minimum atomic E-state index is -0.654. The molecule has 0 saturated heterocycles. The standard InChI is InChI=1S/C5H15NP/c1-6(2)7(3,4)5/h1-5H3/q+1. The van der Waals surface area contributed by atoms with Crippen molar-refractivity contribution in [3.05, 3.63) is 0 Å². The summed E-state index contributed by atoms with van der Waals surface area (Å²) in [5, 5.41) is 0. The molecule has 0 rings (SSSR count). The van der Waals surface area contributed by atoms with Crippen LogP contribution in [-0.2, 0) is 0 Å². The summed E-state index contributed by atoms with van der Waals surface area (Å²) in [6.45, 7) is 6.90. The Kier molecular flexibility index (Phi) is 2.07. The zero-order chi connectivity index (χ0) is 6.08. The molecule has 0 fully saturated rings. The molecule has 0 N–H and O–H groups in total. The first-order valence-electron chi connectivity index (χ1n) is 2.44. The van der Waals surface area contributed by atoms with Crippen molar-refractivity contribution in [2.24, 2.45) is 0 Å². The van der Waals surface area contributed by atoms with Gasteiger partial charge < -0.3 is 0 Å². The van der Waals surface area contributed by atoms with E-state index < -0.39 is 7.05 Å². The van der Waals surface area contributed by atoms with E-state index >= 15 is 0 Å². The van der Waals surface area contributed by atoms with Crippen LogP contribution in [-0.4, -0.2) is 38.4 Å². The largest absolute Gasteiger partial charge is 0.265 e. The molecule has 0 aliphatic rings. The highest BCUT2D eigenvalue weighted by atomic mass is 31.2. The number of hydrogen-bond acceptors (Lipinski definition) is 0. The van der Waals surface area contributed by atoms with Gasteiger partial charge in [-0.2, -0.15) is 0 Å². The average Bonchev–Trinajstić information content (AvgIpc) is 1.31. The highest BCUT2D eigenvalue weighted by Gasteiger charge is 2.01. The van der Waals surface area contributed by atoms with E-state index in [2.05, 4.69) is 38.4 Å². The van der Waals surface area contributed by atoms with Crippen molar-refractivity contribution in [1.29, 1.82) is 0 Å². The maximum Gasteiger partial charge on any atom is 0.127 e. The third kappa shape index (κ3) is 2.87. The van der Waals surface area contributed by atoms with E-state index in [1.165, 1.54) is 0 Å². The Balaban J connectivity index is 4.28. The number of rotatable bonds is 0. The van der Waals surface area contributed by atoms with E-state index in [0.29, 0.717) is 0 Å². The molecule has 0 aliphatic heterocycles. The molecule has 0 amide bonds. The third-order valence-corrected chi connectivity index (χ3v) is 3.60. The Labute approximate surface area is 46.4 Å². The Morgan fingerprint density at radius 2 is 1.14 bits per heavy atom. The first-order valence-corrected chi connectivity index (χ1v) is 5.52. The Bertz CT molecular complexity index is 97.0. The second-order valence-electron chi connectivity index (χ2n) is 2.79. The van der Waals surface area contributed by atoms with Crippen molar-refractivity contribution < 1.29 is 4.33 Å². The Morgan fingerprint density at radius 1 is 1.00 bits per heavy atom. The molecular formula is C5H15NP+. The highest BCUT2D eigenvalue weighted by molar-refractivity contribution is 7.61. The van der Waals surface area contributed by atoms with Crippen molar-refractivity contribution in [3.63, 3.8) is 0 Å². The lowest BCUT2D eigenvalue weighted by Crippen LogP contribution is -1.95. The van der Waals surface area contributed by atoms with E-state index in [1.54, 1.807) is 0 Å². The molecule has 44 valence electrons. The number of hydrogen-bond donors (Lipinski definition) is 0. The van der Waals surface area contributed by atoms with E-state index in [1.807, 2.05) is 0 Å². The van der Waals surface area contributed by atoms with Crippen molar-refractivity contribution in [2.75, 3.05) is 34.1 Å². The van der Waals surface area contributed by atoms with Crippen LogP contribution < -0.4 is 0 Å². The smallest absolute Gasteiger partial charge is 0.127 e. The van der Waals surface area contributed by atoms with Gasteiger partial charge in [-0.3, -0.25) is 4.33 Å². The summed E-state index contributed by atoms with van der Waals surface area (Å²) in [5.74, 6) is 0. The zero-order valence-electron chi connectivity index (χ0n) is 5.89. The van der Waals surface area contributed by atoms with Gasteiger partial charge in [-0.1, -0.05) is 0 Å². The Morgan fingerprint density at radius 3 is 1.14 bits per heavy atom. The lowest BCUT2D eigenvalue weighted by atomic mass is 11.3. The zero-order valence-corrected chi connectivity index (χ0v) is 6.79. The summed E-state index contributed by atoms with van der Waals surface area (Å²) < 4.78 is 2.30. The van der Waals surface area contributed by atoms with Crippen LogP contribution in [0.25, 0.3) is 0 Å². The molecule has 1 nitrogen and oxygen atoms in total. The topological polar surface area (TPSA) is 3.01 Å². The van der Waals surface area contributed by atoms with Gasteiger partial charge in [0.1, 0.15) is 14.1 Å². The maximum absolute atomic E-state index is 2.30. The van der Waals surface area contributed by atoms with Gasteiger partial charge in [-0.15, -0.1) is 0 Å². The second-order valence-corrected chi connectivity index (χ2v) is 7.47. The van der Waals surface area contributed by atoms with Crippen molar-refractivity contribution in [1.82, 2.24) is 0 Å². The molecule has 0 aromatic rings. The monoisotopic (exact) mass is 120 g/mol. The van der Waals surface area contributed by atoms with E-state index in [9.17, 15) is 0 Å². The van der Waals surface area contributed by atoms with Crippen LogP contribution in [0.2, 0.25) is 0 Å². The second kappa shape index (κ2) is 2.00. The van der Waals surface area contributed by atoms with E-state index in [4.69, 9.17) is 0 Å². The molecule has 0 heterocycles. The molecule has 0 unspecified atom stereocenters. The maximum atomic E-state index is 2.30. The predicted octanol–water partition coefficient (Wildman–Crippen LogP) is 1.35. The lowest BCUT2D eigenvalue weighted by Gasteiger charge is -2.01. The SMILES string of the molecule is C[N+](C)=P(C)(C)C. The summed E-state index contributed by atoms with van der Waals surface area (Å²) in [4.78, 5) is 0. The molecule has 0 radical (unpaired) electrons. The molecule has 0 aliphatic carbocycles. The van der Waals surface area contributed by atoms with E-state index in [0.717, 1.165) is 0 Å². The molecule has 2 heteroatoms. The minimum absolute atomic E-state index is 0.654. The summed E-state index contributed by atoms with van der Waals surface area (Å²) in [7, 11) is 3.61. The fraction of sp³-hybridized carbons (Fsp3) is 1.00.